The summed E-state index contributed by atoms with van der Waals surface area (Å²) in [6.45, 7) is 5.37. The summed E-state index contributed by atoms with van der Waals surface area (Å²) >= 11 is 0. The third-order valence-electron chi connectivity index (χ3n) is 4.22. The van der Waals surface area contributed by atoms with Gasteiger partial charge in [-0.05, 0) is 51.1 Å². The molecule has 1 amide bonds. The summed E-state index contributed by atoms with van der Waals surface area (Å²) in [5.74, 6) is 0.158. The zero-order chi connectivity index (χ0) is 15.1. The van der Waals surface area contributed by atoms with Gasteiger partial charge in [0, 0.05) is 12.1 Å². The third-order valence-corrected chi connectivity index (χ3v) is 4.22. The summed E-state index contributed by atoms with van der Waals surface area (Å²) in [4.78, 5) is 12.1. The van der Waals surface area contributed by atoms with E-state index in [1.54, 1.807) is 0 Å². The molecule has 0 saturated heterocycles. The van der Waals surface area contributed by atoms with E-state index in [4.69, 9.17) is 0 Å². The molecule has 0 unspecified atom stereocenters. The van der Waals surface area contributed by atoms with Crippen molar-refractivity contribution in [1.29, 1.82) is 0 Å². The second kappa shape index (κ2) is 8.18. The van der Waals surface area contributed by atoms with E-state index in [-0.39, 0.29) is 5.91 Å². The standard InChI is InChI=1S/C18H28N2O/c1-3-11-19-16-7-9-17(10-8-16)20-18(21)13-15-6-4-5-14(2)12-15/h4-6,12,16-17,19H,3,7-11,13H2,1-2H3,(H,20,21). The highest BCUT2D eigenvalue weighted by molar-refractivity contribution is 5.78. The minimum Gasteiger partial charge on any atom is -0.353 e. The number of nitrogens with one attached hydrogen (secondary N) is 2. The maximum atomic E-state index is 12.1. The molecule has 2 N–H and O–H groups in total. The van der Waals surface area contributed by atoms with E-state index in [0.717, 1.165) is 24.9 Å². The van der Waals surface area contributed by atoms with Crippen LogP contribution in [0.1, 0.15) is 50.2 Å². The van der Waals surface area contributed by atoms with Crippen molar-refractivity contribution >= 4 is 5.91 Å². The van der Waals surface area contributed by atoms with E-state index in [2.05, 4.69) is 36.6 Å². The average molecular weight is 288 g/mol. The number of carbonyl (C=O) groups is 1. The molecule has 0 bridgehead atoms. The summed E-state index contributed by atoms with van der Waals surface area (Å²) in [7, 11) is 0. The van der Waals surface area contributed by atoms with Gasteiger partial charge in [0.25, 0.3) is 0 Å². The smallest absolute Gasteiger partial charge is 0.224 e. The van der Waals surface area contributed by atoms with Gasteiger partial charge in [0.15, 0.2) is 0 Å². The Labute approximate surface area is 128 Å². The lowest BCUT2D eigenvalue weighted by molar-refractivity contribution is -0.121. The Kier molecular flexibility index (Phi) is 6.24. The van der Waals surface area contributed by atoms with Crippen LogP contribution in [-0.4, -0.2) is 24.5 Å². The molecule has 1 saturated carbocycles. The Bertz CT molecular complexity index is 450. The normalized spacial score (nSPS) is 22.0. The second-order valence-corrected chi connectivity index (χ2v) is 6.24. The van der Waals surface area contributed by atoms with Crippen LogP contribution in [0.25, 0.3) is 0 Å². The number of hydrogen-bond donors (Lipinski definition) is 2. The van der Waals surface area contributed by atoms with E-state index < -0.39 is 0 Å². The number of benzene rings is 1. The van der Waals surface area contributed by atoms with Crippen molar-refractivity contribution in [1.82, 2.24) is 10.6 Å². The van der Waals surface area contributed by atoms with Gasteiger partial charge in [-0.2, -0.15) is 0 Å². The first-order valence-corrected chi connectivity index (χ1v) is 8.25. The minimum atomic E-state index is 0.158. The summed E-state index contributed by atoms with van der Waals surface area (Å²) in [5, 5.41) is 6.78. The molecule has 0 heterocycles. The van der Waals surface area contributed by atoms with Crippen molar-refractivity contribution < 1.29 is 4.79 Å². The van der Waals surface area contributed by atoms with Crippen LogP contribution < -0.4 is 10.6 Å². The lowest BCUT2D eigenvalue weighted by atomic mass is 9.91. The SMILES string of the molecule is CCCNC1CCC(NC(=O)Cc2cccc(C)c2)CC1. The van der Waals surface area contributed by atoms with Gasteiger partial charge in [-0.25, -0.2) is 0 Å². The Balaban J connectivity index is 1.72. The zero-order valence-corrected chi connectivity index (χ0v) is 13.3. The van der Waals surface area contributed by atoms with Crippen LogP contribution in [0, 0.1) is 6.92 Å². The van der Waals surface area contributed by atoms with Gasteiger partial charge in [-0.1, -0.05) is 36.8 Å². The molecule has 1 fully saturated rings. The van der Waals surface area contributed by atoms with Crippen molar-refractivity contribution in [2.24, 2.45) is 0 Å². The van der Waals surface area contributed by atoms with Crippen LogP contribution in [0.15, 0.2) is 24.3 Å². The topological polar surface area (TPSA) is 41.1 Å². The molecular weight excluding hydrogens is 260 g/mol. The number of amides is 1. The Hall–Kier alpha value is -1.35. The van der Waals surface area contributed by atoms with Crippen LogP contribution in [0.4, 0.5) is 0 Å². The van der Waals surface area contributed by atoms with E-state index in [1.807, 2.05) is 12.1 Å². The van der Waals surface area contributed by atoms with E-state index in [1.165, 1.54) is 24.8 Å². The maximum absolute atomic E-state index is 12.1. The van der Waals surface area contributed by atoms with Crippen molar-refractivity contribution in [3.63, 3.8) is 0 Å². The zero-order valence-electron chi connectivity index (χ0n) is 13.3. The third kappa shape index (κ3) is 5.50. The largest absolute Gasteiger partial charge is 0.353 e. The maximum Gasteiger partial charge on any atom is 0.224 e. The predicted octanol–water partition coefficient (Wildman–Crippen LogP) is 2.96. The lowest BCUT2D eigenvalue weighted by Gasteiger charge is -2.29. The number of carbonyl (C=O) groups excluding carboxylic acids is 1. The van der Waals surface area contributed by atoms with Crippen LogP contribution in [0.3, 0.4) is 0 Å². The molecule has 0 atom stereocenters. The van der Waals surface area contributed by atoms with E-state index in [0.29, 0.717) is 18.5 Å². The number of aryl methyl sites for hydroxylation is 1. The number of rotatable bonds is 6. The molecule has 0 radical (unpaired) electrons. The average Bonchev–Trinajstić information content (AvgIpc) is 2.46. The molecular formula is C18H28N2O. The Morgan fingerprint density at radius 3 is 2.57 bits per heavy atom. The molecule has 3 nitrogen and oxygen atoms in total. The molecule has 2 rings (SSSR count). The van der Waals surface area contributed by atoms with Gasteiger partial charge in [0.2, 0.25) is 5.91 Å². The molecule has 1 aromatic carbocycles. The molecule has 1 aliphatic rings. The highest BCUT2D eigenvalue weighted by Gasteiger charge is 2.21. The highest BCUT2D eigenvalue weighted by atomic mass is 16.1. The van der Waals surface area contributed by atoms with Crippen LogP contribution >= 0.6 is 0 Å². The molecule has 1 aliphatic carbocycles. The van der Waals surface area contributed by atoms with Crippen LogP contribution in [0.2, 0.25) is 0 Å². The van der Waals surface area contributed by atoms with Gasteiger partial charge < -0.3 is 10.6 Å². The predicted molar refractivity (Wildman–Crippen MR) is 87.4 cm³/mol. The summed E-state index contributed by atoms with van der Waals surface area (Å²) in [5.41, 5.74) is 2.31. The molecule has 21 heavy (non-hydrogen) atoms. The van der Waals surface area contributed by atoms with Gasteiger partial charge in [-0.3, -0.25) is 4.79 Å². The van der Waals surface area contributed by atoms with Gasteiger partial charge in [0.1, 0.15) is 0 Å². The minimum absolute atomic E-state index is 0.158. The van der Waals surface area contributed by atoms with Gasteiger partial charge in [-0.15, -0.1) is 0 Å². The fourth-order valence-corrected chi connectivity index (χ4v) is 3.08. The first kappa shape index (κ1) is 16.0. The quantitative estimate of drug-likeness (QED) is 0.845. The molecule has 3 heteroatoms. The van der Waals surface area contributed by atoms with Crippen molar-refractivity contribution in [3.05, 3.63) is 35.4 Å². The van der Waals surface area contributed by atoms with Crippen molar-refractivity contribution in [2.45, 2.75) is 64.5 Å². The van der Waals surface area contributed by atoms with Crippen LogP contribution in [0.5, 0.6) is 0 Å². The monoisotopic (exact) mass is 288 g/mol. The Morgan fingerprint density at radius 1 is 1.19 bits per heavy atom. The van der Waals surface area contributed by atoms with E-state index in [9.17, 15) is 4.79 Å². The first-order chi connectivity index (χ1) is 10.2. The fraction of sp³-hybridized carbons (Fsp3) is 0.611. The summed E-state index contributed by atoms with van der Waals surface area (Å²) in [6, 6.07) is 9.20. The first-order valence-electron chi connectivity index (χ1n) is 8.25. The van der Waals surface area contributed by atoms with Crippen molar-refractivity contribution in [2.75, 3.05) is 6.54 Å². The molecule has 1 aromatic rings. The summed E-state index contributed by atoms with van der Waals surface area (Å²) < 4.78 is 0. The van der Waals surface area contributed by atoms with Crippen LogP contribution in [-0.2, 0) is 11.2 Å². The molecule has 116 valence electrons. The fourth-order valence-electron chi connectivity index (χ4n) is 3.08. The van der Waals surface area contributed by atoms with Gasteiger partial charge >= 0.3 is 0 Å². The second-order valence-electron chi connectivity index (χ2n) is 6.24. The Morgan fingerprint density at radius 2 is 1.90 bits per heavy atom. The molecule has 0 aliphatic heterocycles. The van der Waals surface area contributed by atoms with Gasteiger partial charge in [0.05, 0.1) is 6.42 Å². The highest BCUT2D eigenvalue weighted by Crippen LogP contribution is 2.18. The summed E-state index contributed by atoms with van der Waals surface area (Å²) in [6.07, 6.45) is 6.23. The molecule has 0 spiro atoms. The van der Waals surface area contributed by atoms with Crippen molar-refractivity contribution in [3.8, 4) is 0 Å². The molecule has 0 aromatic heterocycles. The lowest BCUT2D eigenvalue weighted by Crippen LogP contribution is -2.42. The number of hydrogen-bond acceptors (Lipinski definition) is 2. The van der Waals surface area contributed by atoms with E-state index >= 15 is 0 Å².